The summed E-state index contributed by atoms with van der Waals surface area (Å²) in [4.78, 5) is 11.6. The maximum atomic E-state index is 11.6. The van der Waals surface area contributed by atoms with Crippen LogP contribution in [-0.4, -0.2) is 18.5 Å². The molecule has 3 N–H and O–H groups in total. The van der Waals surface area contributed by atoms with Crippen molar-refractivity contribution in [2.45, 2.75) is 39.2 Å². The third-order valence-corrected chi connectivity index (χ3v) is 2.73. The highest BCUT2D eigenvalue weighted by molar-refractivity contribution is 5.76. The average Bonchev–Trinajstić information content (AvgIpc) is 2.27. The van der Waals surface area contributed by atoms with Crippen molar-refractivity contribution in [3.63, 3.8) is 0 Å². The molecule has 17 heavy (non-hydrogen) atoms. The molecule has 3 heteroatoms. The van der Waals surface area contributed by atoms with Crippen molar-refractivity contribution < 1.29 is 4.79 Å². The Labute approximate surface area is 103 Å². The number of rotatable bonds is 6. The van der Waals surface area contributed by atoms with Crippen molar-refractivity contribution in [2.24, 2.45) is 5.73 Å². The van der Waals surface area contributed by atoms with E-state index in [4.69, 9.17) is 5.73 Å². The Morgan fingerprint density at radius 2 is 2.24 bits per heavy atom. The van der Waals surface area contributed by atoms with Gasteiger partial charge in [-0.1, -0.05) is 29.8 Å². The molecule has 0 spiro atoms. The normalized spacial score (nSPS) is 12.2. The number of carbonyl (C=O) groups excluding carboxylic acids is 1. The molecule has 1 rings (SSSR count). The van der Waals surface area contributed by atoms with Gasteiger partial charge in [-0.25, -0.2) is 0 Å². The van der Waals surface area contributed by atoms with Crippen molar-refractivity contribution in [3.05, 3.63) is 35.4 Å². The van der Waals surface area contributed by atoms with E-state index in [9.17, 15) is 4.79 Å². The first-order valence-corrected chi connectivity index (χ1v) is 6.17. The van der Waals surface area contributed by atoms with Gasteiger partial charge in [-0.15, -0.1) is 0 Å². The lowest BCUT2D eigenvalue weighted by molar-refractivity contribution is -0.121. The summed E-state index contributed by atoms with van der Waals surface area (Å²) in [7, 11) is 0. The molecule has 3 nitrogen and oxygen atoms in total. The van der Waals surface area contributed by atoms with E-state index >= 15 is 0 Å². The standard InChI is InChI=1S/C14H22N2O/c1-11-4-3-5-13(10-11)6-7-14(17)16-12(2)8-9-15/h3-5,10,12H,6-9,15H2,1-2H3,(H,16,17). The van der Waals surface area contributed by atoms with Gasteiger partial charge in [0.2, 0.25) is 5.91 Å². The molecular formula is C14H22N2O. The molecular weight excluding hydrogens is 212 g/mol. The summed E-state index contributed by atoms with van der Waals surface area (Å²) in [5.41, 5.74) is 7.89. The molecule has 0 aliphatic heterocycles. The molecule has 0 aliphatic rings. The van der Waals surface area contributed by atoms with Crippen LogP contribution in [0, 0.1) is 6.92 Å². The van der Waals surface area contributed by atoms with E-state index in [0.717, 1.165) is 12.8 Å². The number of hydrogen-bond acceptors (Lipinski definition) is 2. The van der Waals surface area contributed by atoms with Gasteiger partial charge in [0.15, 0.2) is 0 Å². The third-order valence-electron chi connectivity index (χ3n) is 2.73. The van der Waals surface area contributed by atoms with E-state index in [1.165, 1.54) is 11.1 Å². The van der Waals surface area contributed by atoms with Gasteiger partial charge < -0.3 is 11.1 Å². The average molecular weight is 234 g/mol. The SMILES string of the molecule is Cc1cccc(CCC(=O)NC(C)CCN)c1. The monoisotopic (exact) mass is 234 g/mol. The van der Waals surface area contributed by atoms with Crippen molar-refractivity contribution in [3.8, 4) is 0 Å². The number of benzene rings is 1. The Balaban J connectivity index is 2.33. The van der Waals surface area contributed by atoms with Crippen molar-refractivity contribution in [1.29, 1.82) is 0 Å². The molecule has 1 aromatic carbocycles. The van der Waals surface area contributed by atoms with Gasteiger partial charge in [-0.3, -0.25) is 4.79 Å². The van der Waals surface area contributed by atoms with Crippen molar-refractivity contribution >= 4 is 5.91 Å². The zero-order chi connectivity index (χ0) is 12.7. The molecule has 1 unspecified atom stereocenters. The van der Waals surface area contributed by atoms with Crippen LogP contribution in [0.5, 0.6) is 0 Å². The fourth-order valence-electron chi connectivity index (χ4n) is 1.79. The summed E-state index contributed by atoms with van der Waals surface area (Å²) >= 11 is 0. The zero-order valence-corrected chi connectivity index (χ0v) is 10.7. The van der Waals surface area contributed by atoms with E-state index < -0.39 is 0 Å². The quantitative estimate of drug-likeness (QED) is 0.788. The smallest absolute Gasteiger partial charge is 0.220 e. The Bertz CT molecular complexity index is 363. The van der Waals surface area contributed by atoms with Gasteiger partial charge in [-0.2, -0.15) is 0 Å². The number of aryl methyl sites for hydroxylation is 2. The highest BCUT2D eigenvalue weighted by Crippen LogP contribution is 2.06. The Hall–Kier alpha value is -1.35. The van der Waals surface area contributed by atoms with Gasteiger partial charge >= 0.3 is 0 Å². The minimum atomic E-state index is 0.104. The molecule has 1 atom stereocenters. The Kier molecular flexibility index (Phi) is 5.70. The number of nitrogens with two attached hydrogens (primary N) is 1. The van der Waals surface area contributed by atoms with E-state index in [1.54, 1.807) is 0 Å². The number of nitrogens with one attached hydrogen (secondary N) is 1. The first kappa shape index (κ1) is 13.7. The fourth-order valence-corrected chi connectivity index (χ4v) is 1.79. The molecule has 0 aliphatic carbocycles. The third kappa shape index (κ3) is 5.50. The number of amides is 1. The Morgan fingerprint density at radius 1 is 1.47 bits per heavy atom. The van der Waals surface area contributed by atoms with Crippen LogP contribution in [0.15, 0.2) is 24.3 Å². The van der Waals surface area contributed by atoms with Crippen LogP contribution in [0.4, 0.5) is 0 Å². The van der Waals surface area contributed by atoms with Crippen molar-refractivity contribution in [1.82, 2.24) is 5.32 Å². The van der Waals surface area contributed by atoms with E-state index in [-0.39, 0.29) is 11.9 Å². The largest absolute Gasteiger partial charge is 0.354 e. The summed E-state index contributed by atoms with van der Waals surface area (Å²) in [6.07, 6.45) is 2.16. The second-order valence-corrected chi connectivity index (χ2v) is 4.53. The molecule has 94 valence electrons. The predicted molar refractivity (Wildman–Crippen MR) is 70.8 cm³/mol. The lowest BCUT2D eigenvalue weighted by Gasteiger charge is -2.12. The maximum Gasteiger partial charge on any atom is 0.220 e. The van der Waals surface area contributed by atoms with E-state index in [1.807, 2.05) is 13.0 Å². The van der Waals surface area contributed by atoms with Crippen LogP contribution in [0.25, 0.3) is 0 Å². The van der Waals surface area contributed by atoms with Gasteiger partial charge in [-0.05, 0) is 38.8 Å². The van der Waals surface area contributed by atoms with Gasteiger partial charge in [0.25, 0.3) is 0 Å². The Morgan fingerprint density at radius 3 is 2.88 bits per heavy atom. The van der Waals surface area contributed by atoms with E-state index in [0.29, 0.717) is 13.0 Å². The summed E-state index contributed by atoms with van der Waals surface area (Å²) in [6.45, 7) is 4.66. The maximum absolute atomic E-state index is 11.6. The summed E-state index contributed by atoms with van der Waals surface area (Å²) in [5.74, 6) is 0.104. The van der Waals surface area contributed by atoms with Gasteiger partial charge in [0.05, 0.1) is 0 Å². The molecule has 0 saturated heterocycles. The minimum Gasteiger partial charge on any atom is -0.354 e. The summed E-state index contributed by atoms with van der Waals surface area (Å²) in [5, 5.41) is 2.95. The predicted octanol–water partition coefficient (Wildman–Crippen LogP) is 1.78. The molecule has 1 amide bonds. The molecule has 0 radical (unpaired) electrons. The van der Waals surface area contributed by atoms with Crippen LogP contribution in [0.3, 0.4) is 0 Å². The highest BCUT2D eigenvalue weighted by Gasteiger charge is 2.06. The topological polar surface area (TPSA) is 55.1 Å². The molecule has 0 saturated carbocycles. The molecule has 0 bridgehead atoms. The number of hydrogen-bond donors (Lipinski definition) is 2. The second-order valence-electron chi connectivity index (χ2n) is 4.53. The molecule has 1 aromatic rings. The number of carbonyl (C=O) groups is 1. The van der Waals surface area contributed by atoms with Gasteiger partial charge in [0.1, 0.15) is 0 Å². The van der Waals surface area contributed by atoms with Crippen LogP contribution < -0.4 is 11.1 Å². The van der Waals surface area contributed by atoms with E-state index in [2.05, 4.69) is 30.4 Å². The van der Waals surface area contributed by atoms with Crippen LogP contribution >= 0.6 is 0 Å². The van der Waals surface area contributed by atoms with Crippen LogP contribution in [0.2, 0.25) is 0 Å². The fraction of sp³-hybridized carbons (Fsp3) is 0.500. The summed E-state index contributed by atoms with van der Waals surface area (Å²) < 4.78 is 0. The highest BCUT2D eigenvalue weighted by atomic mass is 16.1. The van der Waals surface area contributed by atoms with Crippen molar-refractivity contribution in [2.75, 3.05) is 6.54 Å². The van der Waals surface area contributed by atoms with Crippen LogP contribution in [0.1, 0.15) is 30.9 Å². The lowest BCUT2D eigenvalue weighted by atomic mass is 10.1. The first-order chi connectivity index (χ1) is 8.11. The van der Waals surface area contributed by atoms with Crippen LogP contribution in [-0.2, 0) is 11.2 Å². The molecule has 0 fully saturated rings. The zero-order valence-electron chi connectivity index (χ0n) is 10.7. The second kappa shape index (κ2) is 7.07. The summed E-state index contributed by atoms with van der Waals surface area (Å²) in [6, 6.07) is 8.44. The minimum absolute atomic E-state index is 0.104. The molecule has 0 heterocycles. The lowest BCUT2D eigenvalue weighted by Crippen LogP contribution is -2.34. The first-order valence-electron chi connectivity index (χ1n) is 6.17. The molecule has 0 aromatic heterocycles. The van der Waals surface area contributed by atoms with Gasteiger partial charge in [0, 0.05) is 12.5 Å².